The molecule has 4 nitrogen and oxygen atoms in total. The van der Waals surface area contributed by atoms with Crippen molar-refractivity contribution in [1.82, 2.24) is 0 Å². The molecular weight excluding hydrogens is 305 g/mol. The molecule has 0 saturated heterocycles. The molecule has 0 aliphatic carbocycles. The van der Waals surface area contributed by atoms with Crippen LogP contribution in [-0.2, 0) is 9.53 Å². The third-order valence-electron chi connectivity index (χ3n) is 2.26. The molecule has 104 valence electrons. The lowest BCUT2D eigenvalue weighted by molar-refractivity contribution is -0.119. The third kappa shape index (κ3) is 3.79. The van der Waals surface area contributed by atoms with Crippen LogP contribution in [0.5, 0.6) is 0 Å². The molecule has 20 heavy (non-hydrogen) atoms. The normalized spacial score (nSPS) is 10.1. The fraction of sp³-hybridized carbons (Fsp3) is 0.0769. The van der Waals surface area contributed by atoms with Gasteiger partial charge in [-0.1, -0.05) is 17.7 Å². The number of ether oxygens (including phenoxy) is 1. The van der Waals surface area contributed by atoms with Crippen LogP contribution in [0.3, 0.4) is 0 Å². The summed E-state index contributed by atoms with van der Waals surface area (Å²) in [5, 5.41) is 4.23. The Hall–Kier alpha value is -1.92. The van der Waals surface area contributed by atoms with Crippen molar-refractivity contribution in [3.63, 3.8) is 0 Å². The maximum absolute atomic E-state index is 12.8. The summed E-state index contributed by atoms with van der Waals surface area (Å²) in [6.07, 6.45) is 0. The van der Waals surface area contributed by atoms with E-state index in [-0.39, 0.29) is 10.7 Å². The van der Waals surface area contributed by atoms with E-state index in [0.29, 0.717) is 4.88 Å². The molecule has 0 aliphatic heterocycles. The van der Waals surface area contributed by atoms with E-state index in [9.17, 15) is 14.0 Å². The number of carbonyl (C=O) groups excluding carboxylic acids is 2. The molecule has 0 radical (unpaired) electrons. The van der Waals surface area contributed by atoms with Crippen molar-refractivity contribution in [1.29, 1.82) is 0 Å². The van der Waals surface area contributed by atoms with Crippen LogP contribution in [0.1, 0.15) is 9.67 Å². The van der Waals surface area contributed by atoms with Crippen molar-refractivity contribution in [2.45, 2.75) is 0 Å². The molecule has 1 aromatic heterocycles. The predicted octanol–water partition coefficient (Wildman–Crippen LogP) is 3.34. The number of rotatable bonds is 4. The third-order valence-corrected chi connectivity index (χ3v) is 3.42. The highest BCUT2D eigenvalue weighted by atomic mass is 35.5. The van der Waals surface area contributed by atoms with Crippen molar-refractivity contribution in [3.8, 4) is 0 Å². The first-order valence-electron chi connectivity index (χ1n) is 5.52. The van der Waals surface area contributed by atoms with E-state index in [0.717, 1.165) is 6.07 Å². The molecule has 1 amide bonds. The predicted molar refractivity (Wildman–Crippen MR) is 74.6 cm³/mol. The van der Waals surface area contributed by atoms with E-state index in [2.05, 4.69) is 5.32 Å². The Morgan fingerprint density at radius 2 is 2.15 bits per heavy atom. The summed E-state index contributed by atoms with van der Waals surface area (Å²) in [5.41, 5.74) is 0.255. The van der Waals surface area contributed by atoms with Crippen LogP contribution < -0.4 is 5.32 Å². The Morgan fingerprint density at radius 1 is 1.35 bits per heavy atom. The van der Waals surface area contributed by atoms with Crippen LogP contribution in [0.25, 0.3) is 0 Å². The second-order valence-corrected chi connectivity index (χ2v) is 5.08. The number of hydrogen-bond acceptors (Lipinski definition) is 4. The highest BCUT2D eigenvalue weighted by molar-refractivity contribution is 7.11. The largest absolute Gasteiger partial charge is 0.451 e. The first kappa shape index (κ1) is 14.5. The van der Waals surface area contributed by atoms with Gasteiger partial charge in [-0.2, -0.15) is 0 Å². The van der Waals surface area contributed by atoms with Gasteiger partial charge in [-0.3, -0.25) is 4.79 Å². The van der Waals surface area contributed by atoms with Gasteiger partial charge in [0, 0.05) is 0 Å². The molecule has 0 fully saturated rings. The van der Waals surface area contributed by atoms with E-state index in [1.807, 2.05) is 0 Å². The number of carbonyl (C=O) groups is 2. The summed E-state index contributed by atoms with van der Waals surface area (Å²) in [4.78, 5) is 23.5. The van der Waals surface area contributed by atoms with Crippen LogP contribution in [-0.4, -0.2) is 18.5 Å². The van der Waals surface area contributed by atoms with E-state index < -0.39 is 24.3 Å². The Morgan fingerprint density at radius 3 is 2.80 bits per heavy atom. The number of esters is 1. The maximum Gasteiger partial charge on any atom is 0.348 e. The second kappa shape index (κ2) is 6.49. The molecule has 7 heteroatoms. The molecule has 1 heterocycles. The zero-order valence-electron chi connectivity index (χ0n) is 10.1. The zero-order valence-corrected chi connectivity index (χ0v) is 11.6. The standard InChI is InChI=1S/C13H9ClFNO3S/c14-9-6-8(15)3-4-10(9)16-12(17)7-19-13(18)11-2-1-5-20-11/h1-6H,7H2,(H,16,17). The van der Waals surface area contributed by atoms with Gasteiger partial charge in [0.2, 0.25) is 0 Å². The van der Waals surface area contributed by atoms with Gasteiger partial charge in [0.25, 0.3) is 5.91 Å². The summed E-state index contributed by atoms with van der Waals surface area (Å²) in [5.74, 6) is -1.62. The zero-order chi connectivity index (χ0) is 14.5. The number of amides is 1. The Bertz CT molecular complexity index is 631. The second-order valence-electron chi connectivity index (χ2n) is 3.73. The first-order chi connectivity index (χ1) is 9.56. The van der Waals surface area contributed by atoms with Crippen molar-refractivity contribution in [3.05, 3.63) is 51.4 Å². The smallest absolute Gasteiger partial charge is 0.348 e. The minimum Gasteiger partial charge on any atom is -0.451 e. The van der Waals surface area contributed by atoms with Gasteiger partial charge in [0.05, 0.1) is 10.7 Å². The molecule has 0 atom stereocenters. The number of halogens is 2. The SMILES string of the molecule is O=C(COC(=O)c1cccs1)Nc1ccc(F)cc1Cl. The van der Waals surface area contributed by atoms with Gasteiger partial charge in [0.1, 0.15) is 10.7 Å². The van der Waals surface area contributed by atoms with E-state index >= 15 is 0 Å². The van der Waals surface area contributed by atoms with Gasteiger partial charge >= 0.3 is 5.97 Å². The molecule has 0 unspecified atom stereocenters. The lowest BCUT2D eigenvalue weighted by Crippen LogP contribution is -2.20. The number of nitrogens with one attached hydrogen (secondary N) is 1. The molecular formula is C13H9ClFNO3S. The lowest BCUT2D eigenvalue weighted by atomic mass is 10.3. The Balaban J connectivity index is 1.88. The maximum atomic E-state index is 12.8. The molecule has 1 N–H and O–H groups in total. The highest BCUT2D eigenvalue weighted by Crippen LogP contribution is 2.22. The summed E-state index contributed by atoms with van der Waals surface area (Å²) in [6, 6.07) is 6.88. The van der Waals surface area contributed by atoms with Crippen LogP contribution >= 0.6 is 22.9 Å². The minimum atomic E-state index is -0.569. The average Bonchev–Trinajstić information content (AvgIpc) is 2.93. The van der Waals surface area contributed by atoms with Gasteiger partial charge in [-0.15, -0.1) is 11.3 Å². The van der Waals surface area contributed by atoms with E-state index in [1.54, 1.807) is 17.5 Å². The number of anilines is 1. The van der Waals surface area contributed by atoms with Gasteiger partial charge < -0.3 is 10.1 Å². The lowest BCUT2D eigenvalue weighted by Gasteiger charge is -2.07. The number of thiophene rings is 1. The van der Waals surface area contributed by atoms with Gasteiger partial charge in [-0.25, -0.2) is 9.18 Å². The molecule has 0 spiro atoms. The number of hydrogen-bond donors (Lipinski definition) is 1. The van der Waals surface area contributed by atoms with E-state index in [4.69, 9.17) is 16.3 Å². The summed E-state index contributed by atoms with van der Waals surface area (Å²) in [7, 11) is 0. The fourth-order valence-electron chi connectivity index (χ4n) is 1.37. The Labute approximate surface area is 123 Å². The van der Waals surface area contributed by atoms with Crippen LogP contribution in [0.2, 0.25) is 5.02 Å². The molecule has 1 aromatic carbocycles. The highest BCUT2D eigenvalue weighted by Gasteiger charge is 2.12. The van der Waals surface area contributed by atoms with Crippen molar-refractivity contribution < 1.29 is 18.7 Å². The summed E-state index contributed by atoms with van der Waals surface area (Å²) in [6.45, 7) is -0.440. The molecule has 2 aromatic rings. The number of benzene rings is 1. The topological polar surface area (TPSA) is 55.4 Å². The van der Waals surface area contributed by atoms with Crippen LogP contribution in [0.4, 0.5) is 10.1 Å². The van der Waals surface area contributed by atoms with Crippen molar-refractivity contribution in [2.24, 2.45) is 0 Å². The van der Waals surface area contributed by atoms with Gasteiger partial charge in [-0.05, 0) is 29.6 Å². The average molecular weight is 314 g/mol. The van der Waals surface area contributed by atoms with Crippen LogP contribution in [0, 0.1) is 5.82 Å². The molecule has 0 saturated carbocycles. The quantitative estimate of drug-likeness (QED) is 0.881. The van der Waals surface area contributed by atoms with Crippen molar-refractivity contribution >= 4 is 40.5 Å². The fourth-order valence-corrected chi connectivity index (χ4v) is 2.20. The van der Waals surface area contributed by atoms with E-state index in [1.165, 1.54) is 23.5 Å². The Kier molecular flexibility index (Phi) is 4.70. The molecule has 0 aliphatic rings. The molecule has 0 bridgehead atoms. The van der Waals surface area contributed by atoms with Crippen molar-refractivity contribution in [2.75, 3.05) is 11.9 Å². The summed E-state index contributed by atoms with van der Waals surface area (Å²) >= 11 is 6.98. The molecule has 2 rings (SSSR count). The first-order valence-corrected chi connectivity index (χ1v) is 6.77. The van der Waals surface area contributed by atoms with Gasteiger partial charge in [0.15, 0.2) is 6.61 Å². The summed E-state index contributed by atoms with van der Waals surface area (Å²) < 4.78 is 17.7. The monoisotopic (exact) mass is 313 g/mol. The van der Waals surface area contributed by atoms with Crippen LogP contribution in [0.15, 0.2) is 35.7 Å². The minimum absolute atomic E-state index is 0.0722.